The van der Waals surface area contributed by atoms with Gasteiger partial charge < -0.3 is 20.1 Å². The molecule has 22 heavy (non-hydrogen) atoms. The summed E-state index contributed by atoms with van der Waals surface area (Å²) < 4.78 is 10.7. The first-order valence-electron chi connectivity index (χ1n) is 7.75. The third kappa shape index (κ3) is 3.78. The molecule has 0 radical (unpaired) electrons. The first-order chi connectivity index (χ1) is 10.4. The van der Waals surface area contributed by atoms with Crippen molar-refractivity contribution in [2.45, 2.75) is 45.9 Å². The fourth-order valence-electron chi connectivity index (χ4n) is 2.80. The van der Waals surface area contributed by atoms with E-state index in [2.05, 4.69) is 22.5 Å². The van der Waals surface area contributed by atoms with Crippen LogP contribution in [0.3, 0.4) is 0 Å². The van der Waals surface area contributed by atoms with E-state index in [4.69, 9.17) is 9.47 Å². The van der Waals surface area contributed by atoms with Crippen molar-refractivity contribution in [1.82, 2.24) is 15.5 Å². The topological polar surface area (TPSA) is 79.9 Å². The molecule has 0 aromatic rings. The zero-order chi connectivity index (χ0) is 16.3. The number of hydrogen-bond donors (Lipinski definition) is 2. The number of carbonyl (C=O) groups excluding carboxylic acids is 2. The van der Waals surface area contributed by atoms with Gasteiger partial charge in [-0.15, -0.1) is 0 Å². The van der Waals surface area contributed by atoms with Crippen molar-refractivity contribution in [3.8, 4) is 0 Å². The van der Waals surface area contributed by atoms with Crippen molar-refractivity contribution in [1.29, 1.82) is 0 Å². The van der Waals surface area contributed by atoms with Crippen LogP contribution in [0.2, 0.25) is 0 Å². The Bertz CT molecular complexity index is 477. The van der Waals surface area contributed by atoms with E-state index in [0.29, 0.717) is 31.0 Å². The normalized spacial score (nSPS) is 29.8. The van der Waals surface area contributed by atoms with Crippen LogP contribution in [0.15, 0.2) is 11.3 Å². The lowest BCUT2D eigenvalue weighted by atomic mass is 10.0. The first kappa shape index (κ1) is 16.8. The number of hydrogen-bond acceptors (Lipinski definition) is 5. The first-order valence-corrected chi connectivity index (χ1v) is 7.75. The van der Waals surface area contributed by atoms with Gasteiger partial charge in [0.25, 0.3) is 0 Å². The van der Waals surface area contributed by atoms with Gasteiger partial charge in [-0.3, -0.25) is 4.90 Å². The maximum atomic E-state index is 12.2. The molecule has 2 aliphatic rings. The lowest BCUT2D eigenvalue weighted by Crippen LogP contribution is -2.54. The van der Waals surface area contributed by atoms with Gasteiger partial charge in [0.15, 0.2) is 0 Å². The van der Waals surface area contributed by atoms with Crippen LogP contribution >= 0.6 is 0 Å². The van der Waals surface area contributed by atoms with E-state index >= 15 is 0 Å². The van der Waals surface area contributed by atoms with E-state index in [0.717, 1.165) is 6.54 Å². The van der Waals surface area contributed by atoms with Crippen LogP contribution < -0.4 is 10.6 Å². The lowest BCUT2D eigenvalue weighted by molar-refractivity contribution is -0.139. The molecule has 2 N–H and O–H groups in total. The molecule has 2 aliphatic heterocycles. The Morgan fingerprint density at radius 2 is 2.14 bits per heavy atom. The molecule has 2 heterocycles. The molecule has 0 saturated carbocycles. The van der Waals surface area contributed by atoms with E-state index in [1.54, 1.807) is 13.8 Å². The minimum Gasteiger partial charge on any atom is -0.463 e. The Kier molecular flexibility index (Phi) is 5.42. The van der Waals surface area contributed by atoms with Crippen LogP contribution in [0, 0.1) is 0 Å². The summed E-state index contributed by atoms with van der Waals surface area (Å²) in [7, 11) is 0. The molecule has 7 heteroatoms. The monoisotopic (exact) mass is 311 g/mol. The molecule has 0 spiro atoms. The van der Waals surface area contributed by atoms with Crippen LogP contribution in [0.25, 0.3) is 0 Å². The highest BCUT2D eigenvalue weighted by atomic mass is 16.5. The van der Waals surface area contributed by atoms with Gasteiger partial charge in [0, 0.05) is 24.8 Å². The Morgan fingerprint density at radius 3 is 2.82 bits per heavy atom. The fraction of sp³-hybridized carbons (Fsp3) is 0.733. The van der Waals surface area contributed by atoms with Crippen LogP contribution in [0.4, 0.5) is 4.79 Å². The van der Waals surface area contributed by atoms with E-state index in [-0.39, 0.29) is 30.2 Å². The van der Waals surface area contributed by atoms with Crippen molar-refractivity contribution >= 4 is 12.0 Å². The summed E-state index contributed by atoms with van der Waals surface area (Å²) in [4.78, 5) is 26.2. The Morgan fingerprint density at radius 1 is 1.41 bits per heavy atom. The molecular formula is C15H25N3O4. The predicted octanol–water partition coefficient (Wildman–Crippen LogP) is 0.614. The van der Waals surface area contributed by atoms with Crippen LogP contribution in [-0.2, 0) is 14.3 Å². The Hall–Kier alpha value is -1.60. The highest BCUT2D eigenvalue weighted by Gasteiger charge is 2.32. The number of nitrogens with zero attached hydrogens (tertiary/aromatic N) is 1. The zero-order valence-corrected chi connectivity index (χ0v) is 13.6. The average Bonchev–Trinajstić information content (AvgIpc) is 2.42. The molecule has 2 amide bonds. The summed E-state index contributed by atoms with van der Waals surface area (Å²) in [5.41, 5.74) is 1.11. The average molecular weight is 311 g/mol. The molecule has 0 aromatic heterocycles. The third-order valence-corrected chi connectivity index (χ3v) is 3.96. The van der Waals surface area contributed by atoms with Crippen molar-refractivity contribution in [2.24, 2.45) is 0 Å². The van der Waals surface area contributed by atoms with Crippen LogP contribution in [0.1, 0.15) is 27.7 Å². The number of esters is 1. The van der Waals surface area contributed by atoms with Crippen LogP contribution in [-0.4, -0.2) is 61.4 Å². The van der Waals surface area contributed by atoms with Gasteiger partial charge in [-0.2, -0.15) is 0 Å². The number of amides is 2. The minimum atomic E-state index is -0.383. The molecular weight excluding hydrogens is 286 g/mol. The number of carbonyl (C=O) groups is 2. The molecule has 3 atom stereocenters. The quantitative estimate of drug-likeness (QED) is 0.744. The summed E-state index contributed by atoms with van der Waals surface area (Å²) in [5, 5.41) is 5.47. The summed E-state index contributed by atoms with van der Waals surface area (Å²) in [6, 6.07) is -0.421. The maximum absolute atomic E-state index is 12.2. The number of nitrogens with one attached hydrogen (secondary N) is 2. The molecule has 0 aromatic carbocycles. The van der Waals surface area contributed by atoms with Crippen molar-refractivity contribution < 1.29 is 19.1 Å². The Labute approximate surface area is 131 Å². The van der Waals surface area contributed by atoms with E-state index in [9.17, 15) is 9.59 Å². The smallest absolute Gasteiger partial charge is 0.337 e. The number of rotatable bonds is 4. The molecule has 1 fully saturated rings. The van der Waals surface area contributed by atoms with Gasteiger partial charge in [0.05, 0.1) is 30.9 Å². The van der Waals surface area contributed by atoms with Gasteiger partial charge in [-0.1, -0.05) is 0 Å². The van der Waals surface area contributed by atoms with Crippen molar-refractivity contribution in [3.63, 3.8) is 0 Å². The largest absolute Gasteiger partial charge is 0.463 e. The second kappa shape index (κ2) is 7.11. The molecule has 7 nitrogen and oxygen atoms in total. The van der Waals surface area contributed by atoms with Gasteiger partial charge in [-0.25, -0.2) is 9.59 Å². The molecule has 0 aliphatic carbocycles. The second-order valence-corrected chi connectivity index (χ2v) is 5.86. The molecule has 124 valence electrons. The third-order valence-electron chi connectivity index (χ3n) is 3.96. The summed E-state index contributed by atoms with van der Waals surface area (Å²) >= 11 is 0. The second-order valence-electron chi connectivity index (χ2n) is 5.86. The van der Waals surface area contributed by atoms with E-state index in [1.807, 2.05) is 6.92 Å². The van der Waals surface area contributed by atoms with Crippen molar-refractivity contribution in [3.05, 3.63) is 11.3 Å². The zero-order valence-electron chi connectivity index (χ0n) is 13.6. The number of morpholine rings is 1. The standard InChI is InChI=1S/C15H25N3O4/c1-5-21-14(19)13-11(4)16-15(20)17-12(13)7-18-6-10(3)22-8-9(18)2/h9-11H,5-8H2,1-4H3,(H2,16,17,20)/t9-,10+,11+/m1/s1. The maximum Gasteiger partial charge on any atom is 0.337 e. The minimum absolute atomic E-state index is 0.137. The number of ether oxygens (including phenoxy) is 2. The van der Waals surface area contributed by atoms with Crippen LogP contribution in [0.5, 0.6) is 0 Å². The Balaban J connectivity index is 2.23. The summed E-state index contributed by atoms with van der Waals surface area (Å²) in [6.45, 7) is 9.86. The molecule has 1 saturated heterocycles. The number of urea groups is 1. The SMILES string of the molecule is CCOC(=O)C1=C(CN2C[C@H](C)OC[C@H]2C)NC(=O)N[C@H]1C. The molecule has 2 rings (SSSR count). The molecule has 0 unspecified atom stereocenters. The summed E-state index contributed by atoms with van der Waals surface area (Å²) in [5.74, 6) is -0.383. The van der Waals surface area contributed by atoms with Gasteiger partial charge in [-0.05, 0) is 27.7 Å². The van der Waals surface area contributed by atoms with Gasteiger partial charge in [0.2, 0.25) is 0 Å². The van der Waals surface area contributed by atoms with Gasteiger partial charge >= 0.3 is 12.0 Å². The highest BCUT2D eigenvalue weighted by molar-refractivity contribution is 5.94. The van der Waals surface area contributed by atoms with Gasteiger partial charge in [0.1, 0.15) is 0 Å². The van der Waals surface area contributed by atoms with E-state index in [1.165, 1.54) is 0 Å². The lowest BCUT2D eigenvalue weighted by Gasteiger charge is -2.38. The summed E-state index contributed by atoms with van der Waals surface area (Å²) in [6.07, 6.45) is 0.137. The van der Waals surface area contributed by atoms with E-state index < -0.39 is 0 Å². The van der Waals surface area contributed by atoms with Crippen molar-refractivity contribution in [2.75, 3.05) is 26.3 Å². The molecule has 0 bridgehead atoms. The highest BCUT2D eigenvalue weighted by Crippen LogP contribution is 2.18. The fourth-order valence-corrected chi connectivity index (χ4v) is 2.80. The predicted molar refractivity (Wildman–Crippen MR) is 81.2 cm³/mol.